The highest BCUT2D eigenvalue weighted by Crippen LogP contribution is 2.18. The standard InChI is InChI=1S/C21H33N5O2S/c1-17-4-3-5-19(18(17)2)23-20(27)16-25-8-10-26(11-9-25)21(29)22-6-7-24-12-14-28-15-13-24/h3-5H,6-16H2,1-2H3,(H,22,29)(H,23,27). The average Bonchev–Trinajstić information content (AvgIpc) is 2.72. The fourth-order valence-corrected chi connectivity index (χ4v) is 3.93. The molecule has 1 amide bonds. The normalized spacial score (nSPS) is 18.5. The maximum absolute atomic E-state index is 12.4. The van der Waals surface area contributed by atoms with E-state index in [1.807, 2.05) is 19.1 Å². The Morgan fingerprint density at radius 2 is 1.79 bits per heavy atom. The van der Waals surface area contributed by atoms with Crippen molar-refractivity contribution in [2.75, 3.05) is 77.4 Å². The molecule has 2 aliphatic rings. The monoisotopic (exact) mass is 419 g/mol. The second kappa shape index (κ2) is 10.9. The number of nitrogens with one attached hydrogen (secondary N) is 2. The van der Waals surface area contributed by atoms with Crippen LogP contribution in [0.4, 0.5) is 5.69 Å². The lowest BCUT2D eigenvalue weighted by Crippen LogP contribution is -2.53. The van der Waals surface area contributed by atoms with Crippen molar-refractivity contribution in [2.45, 2.75) is 13.8 Å². The number of amides is 1. The van der Waals surface area contributed by atoms with Crippen LogP contribution in [0.2, 0.25) is 0 Å². The van der Waals surface area contributed by atoms with E-state index in [-0.39, 0.29) is 5.91 Å². The third kappa shape index (κ3) is 6.64. The Morgan fingerprint density at radius 1 is 1.07 bits per heavy atom. The van der Waals surface area contributed by atoms with Crippen LogP contribution >= 0.6 is 12.2 Å². The number of nitrogens with zero attached hydrogens (tertiary/aromatic N) is 3. The molecule has 0 saturated carbocycles. The van der Waals surface area contributed by atoms with Crippen molar-refractivity contribution in [3.05, 3.63) is 29.3 Å². The fourth-order valence-electron chi connectivity index (χ4n) is 3.65. The summed E-state index contributed by atoms with van der Waals surface area (Å²) in [4.78, 5) is 19.2. The van der Waals surface area contributed by atoms with E-state index in [9.17, 15) is 4.79 Å². The van der Waals surface area contributed by atoms with Gasteiger partial charge in [-0.25, -0.2) is 0 Å². The number of ether oxygens (including phenoxy) is 1. The SMILES string of the molecule is Cc1cccc(NC(=O)CN2CCN(C(=S)NCCN3CCOCC3)CC2)c1C. The minimum absolute atomic E-state index is 0.0402. The number of carbonyl (C=O) groups excluding carboxylic acids is 1. The van der Waals surface area contributed by atoms with Crippen LogP contribution in [0.5, 0.6) is 0 Å². The number of anilines is 1. The molecular weight excluding hydrogens is 386 g/mol. The summed E-state index contributed by atoms with van der Waals surface area (Å²) in [5.74, 6) is 0.0402. The molecule has 7 nitrogen and oxygen atoms in total. The zero-order valence-corrected chi connectivity index (χ0v) is 18.4. The lowest BCUT2D eigenvalue weighted by molar-refractivity contribution is -0.117. The molecule has 0 bridgehead atoms. The van der Waals surface area contributed by atoms with Gasteiger partial charge in [0.15, 0.2) is 5.11 Å². The van der Waals surface area contributed by atoms with Gasteiger partial charge in [-0.05, 0) is 43.3 Å². The zero-order chi connectivity index (χ0) is 20.6. The minimum Gasteiger partial charge on any atom is -0.379 e. The van der Waals surface area contributed by atoms with Gasteiger partial charge in [0.1, 0.15) is 0 Å². The second-order valence-corrected chi connectivity index (χ2v) is 8.13. The van der Waals surface area contributed by atoms with Crippen molar-refractivity contribution in [2.24, 2.45) is 0 Å². The third-order valence-electron chi connectivity index (χ3n) is 5.71. The molecule has 3 rings (SSSR count). The molecule has 0 unspecified atom stereocenters. The van der Waals surface area contributed by atoms with E-state index in [1.165, 1.54) is 5.56 Å². The second-order valence-electron chi connectivity index (χ2n) is 7.74. The molecule has 1 aromatic carbocycles. The molecule has 2 N–H and O–H groups in total. The highest BCUT2D eigenvalue weighted by molar-refractivity contribution is 7.80. The van der Waals surface area contributed by atoms with E-state index in [0.717, 1.165) is 81.9 Å². The molecule has 2 aliphatic heterocycles. The van der Waals surface area contributed by atoms with E-state index in [0.29, 0.717) is 6.54 Å². The Balaban J connectivity index is 1.34. The van der Waals surface area contributed by atoms with Crippen LogP contribution in [-0.2, 0) is 9.53 Å². The van der Waals surface area contributed by atoms with Gasteiger partial charge in [0.2, 0.25) is 5.91 Å². The smallest absolute Gasteiger partial charge is 0.238 e. The maximum atomic E-state index is 12.4. The molecule has 0 radical (unpaired) electrons. The Morgan fingerprint density at radius 3 is 2.52 bits per heavy atom. The summed E-state index contributed by atoms with van der Waals surface area (Å²) in [7, 11) is 0. The van der Waals surface area contributed by atoms with Crippen molar-refractivity contribution in [1.82, 2.24) is 20.0 Å². The Kier molecular flexibility index (Phi) is 8.23. The van der Waals surface area contributed by atoms with E-state index in [1.54, 1.807) is 0 Å². The van der Waals surface area contributed by atoms with Crippen LogP contribution < -0.4 is 10.6 Å². The summed E-state index contributed by atoms with van der Waals surface area (Å²) in [6.07, 6.45) is 0. The van der Waals surface area contributed by atoms with Crippen molar-refractivity contribution in [3.63, 3.8) is 0 Å². The van der Waals surface area contributed by atoms with Crippen molar-refractivity contribution in [1.29, 1.82) is 0 Å². The van der Waals surface area contributed by atoms with Crippen molar-refractivity contribution in [3.8, 4) is 0 Å². The number of hydrogen-bond donors (Lipinski definition) is 2. The van der Waals surface area contributed by atoms with Gasteiger partial charge in [0, 0.05) is 58.0 Å². The molecule has 160 valence electrons. The molecule has 0 spiro atoms. The number of benzene rings is 1. The molecule has 2 saturated heterocycles. The number of hydrogen-bond acceptors (Lipinski definition) is 5. The van der Waals surface area contributed by atoms with E-state index in [4.69, 9.17) is 17.0 Å². The first-order valence-electron chi connectivity index (χ1n) is 10.4. The van der Waals surface area contributed by atoms with Gasteiger partial charge < -0.3 is 20.3 Å². The zero-order valence-electron chi connectivity index (χ0n) is 17.6. The lowest BCUT2D eigenvalue weighted by Gasteiger charge is -2.36. The van der Waals surface area contributed by atoms with Gasteiger partial charge in [-0.2, -0.15) is 0 Å². The summed E-state index contributed by atoms with van der Waals surface area (Å²) in [5.41, 5.74) is 3.21. The molecule has 1 aromatic rings. The highest BCUT2D eigenvalue weighted by atomic mass is 32.1. The molecule has 8 heteroatoms. The molecule has 0 atom stereocenters. The van der Waals surface area contributed by atoms with Crippen molar-refractivity contribution < 1.29 is 9.53 Å². The molecular formula is C21H33N5O2S. The number of thiocarbonyl (C=S) groups is 1. The van der Waals surface area contributed by atoms with Gasteiger partial charge in [-0.15, -0.1) is 0 Å². The number of rotatable bonds is 6. The average molecular weight is 420 g/mol. The van der Waals surface area contributed by atoms with E-state index >= 15 is 0 Å². The topological polar surface area (TPSA) is 60.1 Å². The summed E-state index contributed by atoms with van der Waals surface area (Å²) >= 11 is 5.55. The van der Waals surface area contributed by atoms with Crippen LogP contribution in [0.3, 0.4) is 0 Å². The first-order chi connectivity index (χ1) is 14.0. The van der Waals surface area contributed by atoms with Crippen LogP contribution in [0.25, 0.3) is 0 Å². The quantitative estimate of drug-likeness (QED) is 0.669. The molecule has 0 aromatic heterocycles. The summed E-state index contributed by atoms with van der Waals surface area (Å²) in [5, 5.41) is 7.24. The van der Waals surface area contributed by atoms with Crippen LogP contribution in [0, 0.1) is 13.8 Å². The van der Waals surface area contributed by atoms with Crippen LogP contribution in [0.15, 0.2) is 18.2 Å². The molecule has 2 heterocycles. The lowest BCUT2D eigenvalue weighted by atomic mass is 10.1. The highest BCUT2D eigenvalue weighted by Gasteiger charge is 2.21. The maximum Gasteiger partial charge on any atom is 0.238 e. The van der Waals surface area contributed by atoms with E-state index in [2.05, 4.69) is 38.3 Å². The predicted octanol–water partition coefficient (Wildman–Crippen LogP) is 1.07. The first kappa shape index (κ1) is 22.0. The largest absolute Gasteiger partial charge is 0.379 e. The van der Waals surface area contributed by atoms with Gasteiger partial charge in [-0.3, -0.25) is 14.6 Å². The predicted molar refractivity (Wildman–Crippen MR) is 120 cm³/mol. The Labute approximate surface area is 179 Å². The number of piperazine rings is 1. The van der Waals surface area contributed by atoms with Gasteiger partial charge >= 0.3 is 0 Å². The fraction of sp³-hybridized carbons (Fsp3) is 0.619. The molecule has 0 aliphatic carbocycles. The van der Waals surface area contributed by atoms with Gasteiger partial charge in [0.25, 0.3) is 0 Å². The van der Waals surface area contributed by atoms with Crippen LogP contribution in [-0.4, -0.2) is 97.8 Å². The van der Waals surface area contributed by atoms with Crippen molar-refractivity contribution >= 4 is 28.9 Å². The number of aryl methyl sites for hydroxylation is 1. The Bertz CT molecular complexity index is 700. The molecule has 29 heavy (non-hydrogen) atoms. The first-order valence-corrected chi connectivity index (χ1v) is 10.8. The Hall–Kier alpha value is -1.74. The number of morpholine rings is 1. The molecule has 2 fully saturated rings. The minimum atomic E-state index is 0.0402. The van der Waals surface area contributed by atoms with Gasteiger partial charge in [0.05, 0.1) is 19.8 Å². The third-order valence-corrected chi connectivity index (χ3v) is 6.12. The van der Waals surface area contributed by atoms with Crippen LogP contribution in [0.1, 0.15) is 11.1 Å². The van der Waals surface area contributed by atoms with E-state index < -0.39 is 0 Å². The summed E-state index contributed by atoms with van der Waals surface area (Å²) in [6.45, 7) is 13.4. The summed E-state index contributed by atoms with van der Waals surface area (Å²) in [6, 6.07) is 5.99. The van der Waals surface area contributed by atoms with Gasteiger partial charge in [-0.1, -0.05) is 12.1 Å². The number of carbonyl (C=O) groups is 1. The summed E-state index contributed by atoms with van der Waals surface area (Å²) < 4.78 is 5.37.